The first-order valence-corrected chi connectivity index (χ1v) is 9.10. The summed E-state index contributed by atoms with van der Waals surface area (Å²) in [5.74, 6) is 1.64. The minimum atomic E-state index is 0.129. The van der Waals surface area contributed by atoms with Crippen LogP contribution in [0.5, 0.6) is 5.75 Å². The summed E-state index contributed by atoms with van der Waals surface area (Å²) in [6.07, 6.45) is 4.26. The number of hydrogen-bond donors (Lipinski definition) is 1. The Hall–Kier alpha value is -1.91. The van der Waals surface area contributed by atoms with E-state index in [1.54, 1.807) is 7.11 Å². The van der Waals surface area contributed by atoms with E-state index in [9.17, 15) is 4.79 Å². The van der Waals surface area contributed by atoms with Crippen LogP contribution in [-0.2, 0) is 0 Å². The molecule has 1 aromatic carbocycles. The first-order chi connectivity index (χ1) is 11.7. The molecule has 24 heavy (non-hydrogen) atoms. The highest BCUT2D eigenvalue weighted by molar-refractivity contribution is 5.74. The average Bonchev–Trinajstić information content (AvgIpc) is 2.63. The molecule has 0 bridgehead atoms. The molecule has 5 nitrogen and oxygen atoms in total. The van der Waals surface area contributed by atoms with Gasteiger partial charge in [-0.3, -0.25) is 0 Å². The Bertz CT molecular complexity index is 530. The van der Waals surface area contributed by atoms with Crippen LogP contribution in [0.15, 0.2) is 24.3 Å². The summed E-state index contributed by atoms with van der Waals surface area (Å²) in [5, 5.41) is 3.23. The number of anilines is 1. The van der Waals surface area contributed by atoms with E-state index in [1.165, 1.54) is 5.69 Å². The number of amides is 2. The molecule has 132 valence electrons. The summed E-state index contributed by atoms with van der Waals surface area (Å²) < 4.78 is 5.21. The number of urea groups is 1. The maximum Gasteiger partial charge on any atom is 0.317 e. The molecular weight excluding hydrogens is 302 g/mol. The van der Waals surface area contributed by atoms with Crippen molar-refractivity contribution in [1.29, 1.82) is 0 Å². The Labute approximate surface area is 145 Å². The largest absolute Gasteiger partial charge is 0.497 e. The summed E-state index contributed by atoms with van der Waals surface area (Å²) >= 11 is 0. The number of methoxy groups -OCH3 is 1. The molecule has 0 saturated carbocycles. The Kier molecular flexibility index (Phi) is 5.48. The van der Waals surface area contributed by atoms with Gasteiger partial charge in [0.25, 0.3) is 0 Å². The van der Waals surface area contributed by atoms with Gasteiger partial charge in [-0.2, -0.15) is 0 Å². The summed E-state index contributed by atoms with van der Waals surface area (Å²) in [6, 6.07) is 8.64. The van der Waals surface area contributed by atoms with Crippen LogP contribution >= 0.6 is 0 Å². The average molecular weight is 331 g/mol. The highest BCUT2D eigenvalue weighted by atomic mass is 16.5. The summed E-state index contributed by atoms with van der Waals surface area (Å²) in [4.78, 5) is 16.7. The molecule has 2 aliphatic rings. The fourth-order valence-electron chi connectivity index (χ4n) is 3.55. The zero-order chi connectivity index (χ0) is 16.9. The molecule has 3 rings (SSSR count). The van der Waals surface area contributed by atoms with E-state index in [4.69, 9.17) is 4.74 Å². The third-order valence-electron chi connectivity index (χ3n) is 5.33. The van der Waals surface area contributed by atoms with Crippen molar-refractivity contribution in [3.8, 4) is 5.75 Å². The van der Waals surface area contributed by atoms with Gasteiger partial charge in [0.1, 0.15) is 5.75 Å². The second-order valence-electron chi connectivity index (χ2n) is 7.08. The quantitative estimate of drug-likeness (QED) is 0.926. The fraction of sp³-hybridized carbons (Fsp3) is 0.632. The van der Waals surface area contributed by atoms with Gasteiger partial charge in [0.05, 0.1) is 7.11 Å². The Morgan fingerprint density at radius 2 is 1.67 bits per heavy atom. The molecule has 0 unspecified atom stereocenters. The van der Waals surface area contributed by atoms with Gasteiger partial charge in [0, 0.05) is 37.9 Å². The number of likely N-dealkylation sites (tertiary alicyclic amines) is 1. The normalized spacial score (nSPS) is 20.1. The molecule has 2 heterocycles. The minimum Gasteiger partial charge on any atom is -0.497 e. The second-order valence-corrected chi connectivity index (χ2v) is 7.08. The summed E-state index contributed by atoms with van der Waals surface area (Å²) in [7, 11) is 1.69. The van der Waals surface area contributed by atoms with Crippen LogP contribution in [0.25, 0.3) is 0 Å². The summed E-state index contributed by atoms with van der Waals surface area (Å²) in [6.45, 7) is 6.03. The monoisotopic (exact) mass is 331 g/mol. The maximum atomic E-state index is 12.4. The van der Waals surface area contributed by atoms with Gasteiger partial charge in [0.2, 0.25) is 0 Å². The van der Waals surface area contributed by atoms with Gasteiger partial charge in [-0.25, -0.2) is 4.79 Å². The third kappa shape index (κ3) is 4.13. The van der Waals surface area contributed by atoms with E-state index in [0.717, 1.165) is 63.5 Å². The Morgan fingerprint density at radius 3 is 2.25 bits per heavy atom. The maximum absolute atomic E-state index is 12.4. The van der Waals surface area contributed by atoms with Crippen molar-refractivity contribution < 1.29 is 9.53 Å². The molecule has 2 saturated heterocycles. The lowest BCUT2D eigenvalue weighted by molar-refractivity contribution is 0.168. The highest BCUT2D eigenvalue weighted by Crippen LogP contribution is 2.23. The van der Waals surface area contributed by atoms with Gasteiger partial charge in [0.15, 0.2) is 0 Å². The number of benzene rings is 1. The van der Waals surface area contributed by atoms with Gasteiger partial charge in [-0.05, 0) is 55.9 Å². The number of carbonyl (C=O) groups is 1. The SMILES string of the molecule is COc1ccc(N2CCC(NC(=O)N3CCC(C)CC3)CC2)cc1. The van der Waals surface area contributed by atoms with Crippen LogP contribution in [0.2, 0.25) is 0 Å². The van der Waals surface area contributed by atoms with Crippen LogP contribution in [0.4, 0.5) is 10.5 Å². The number of carbonyl (C=O) groups excluding carboxylic acids is 1. The molecule has 1 N–H and O–H groups in total. The first kappa shape index (κ1) is 16.9. The van der Waals surface area contributed by atoms with Crippen LogP contribution < -0.4 is 15.0 Å². The molecule has 0 aromatic heterocycles. The van der Waals surface area contributed by atoms with Crippen molar-refractivity contribution in [1.82, 2.24) is 10.2 Å². The number of nitrogens with zero attached hydrogens (tertiary/aromatic N) is 2. The number of ether oxygens (including phenoxy) is 1. The second kappa shape index (κ2) is 7.77. The zero-order valence-electron chi connectivity index (χ0n) is 14.8. The van der Waals surface area contributed by atoms with Crippen molar-refractivity contribution in [2.75, 3.05) is 38.2 Å². The van der Waals surface area contributed by atoms with Crippen LogP contribution in [-0.4, -0.2) is 50.3 Å². The van der Waals surface area contributed by atoms with E-state index in [-0.39, 0.29) is 6.03 Å². The van der Waals surface area contributed by atoms with Crippen molar-refractivity contribution in [3.63, 3.8) is 0 Å². The predicted molar refractivity (Wildman–Crippen MR) is 96.7 cm³/mol. The zero-order valence-corrected chi connectivity index (χ0v) is 14.8. The number of piperidine rings is 2. The molecule has 0 aliphatic carbocycles. The first-order valence-electron chi connectivity index (χ1n) is 9.10. The lowest BCUT2D eigenvalue weighted by Gasteiger charge is -2.36. The predicted octanol–water partition coefficient (Wildman–Crippen LogP) is 3.11. The molecule has 1 aromatic rings. The Morgan fingerprint density at radius 1 is 1.04 bits per heavy atom. The minimum absolute atomic E-state index is 0.129. The van der Waals surface area contributed by atoms with Gasteiger partial charge in [-0.15, -0.1) is 0 Å². The molecule has 2 amide bonds. The van der Waals surface area contributed by atoms with E-state index >= 15 is 0 Å². The highest BCUT2D eigenvalue weighted by Gasteiger charge is 2.25. The fourth-order valence-corrected chi connectivity index (χ4v) is 3.55. The molecule has 0 atom stereocenters. The van der Waals surface area contributed by atoms with E-state index < -0.39 is 0 Å². The van der Waals surface area contributed by atoms with Crippen molar-refractivity contribution in [2.45, 2.75) is 38.6 Å². The molecule has 5 heteroatoms. The molecule has 2 fully saturated rings. The van der Waals surface area contributed by atoms with Gasteiger partial charge in [-0.1, -0.05) is 6.92 Å². The van der Waals surface area contributed by atoms with Gasteiger partial charge >= 0.3 is 6.03 Å². The van der Waals surface area contributed by atoms with Crippen LogP contribution in [0.3, 0.4) is 0 Å². The van der Waals surface area contributed by atoms with Crippen molar-refractivity contribution in [3.05, 3.63) is 24.3 Å². The number of nitrogens with one attached hydrogen (secondary N) is 1. The van der Waals surface area contributed by atoms with E-state index in [1.807, 2.05) is 17.0 Å². The molecule has 0 spiro atoms. The number of hydrogen-bond acceptors (Lipinski definition) is 3. The van der Waals surface area contributed by atoms with Crippen LogP contribution in [0, 0.1) is 5.92 Å². The summed E-state index contributed by atoms with van der Waals surface area (Å²) in [5.41, 5.74) is 1.23. The third-order valence-corrected chi connectivity index (χ3v) is 5.33. The van der Waals surface area contributed by atoms with Gasteiger partial charge < -0.3 is 19.9 Å². The smallest absolute Gasteiger partial charge is 0.317 e. The van der Waals surface area contributed by atoms with Crippen molar-refractivity contribution in [2.24, 2.45) is 5.92 Å². The van der Waals surface area contributed by atoms with E-state index in [0.29, 0.717) is 6.04 Å². The molecular formula is C19H29N3O2. The number of rotatable bonds is 3. The lowest BCUT2D eigenvalue weighted by Crippen LogP contribution is -2.50. The lowest BCUT2D eigenvalue weighted by atomic mass is 9.99. The topological polar surface area (TPSA) is 44.8 Å². The standard InChI is InChI=1S/C19H29N3O2/c1-15-7-11-22(12-8-15)19(23)20-16-9-13-21(14-10-16)17-3-5-18(24-2)6-4-17/h3-6,15-16H,7-14H2,1-2H3,(H,20,23). The molecule has 0 radical (unpaired) electrons. The molecule has 2 aliphatic heterocycles. The van der Waals surface area contributed by atoms with Crippen LogP contribution in [0.1, 0.15) is 32.6 Å². The van der Waals surface area contributed by atoms with Crippen molar-refractivity contribution >= 4 is 11.7 Å². The Balaban J connectivity index is 1.45. The van der Waals surface area contributed by atoms with E-state index in [2.05, 4.69) is 29.3 Å².